The highest BCUT2D eigenvalue weighted by Gasteiger charge is 2.05. The van der Waals surface area contributed by atoms with E-state index in [2.05, 4.69) is 0 Å². The molecule has 0 saturated heterocycles. The highest BCUT2D eigenvalue weighted by molar-refractivity contribution is 5.50. The average molecular weight is 195 g/mol. The first-order valence-corrected chi connectivity index (χ1v) is 4.15. The van der Waals surface area contributed by atoms with Crippen LogP contribution in [0.15, 0.2) is 27.7 Å². The molecule has 0 spiro atoms. The molecule has 0 fully saturated rings. The molecule has 76 valence electrons. The standard InChI is InChI=1S/C10H13NO3/c1-11(2)6-4-9-10(13-3)8(12)5-7-14-9/h4-7H,1-3H3/b6-4+. The van der Waals surface area contributed by atoms with Gasteiger partial charge in [-0.2, -0.15) is 0 Å². The molecule has 0 radical (unpaired) electrons. The van der Waals surface area contributed by atoms with E-state index in [4.69, 9.17) is 9.15 Å². The Balaban J connectivity index is 3.08. The average Bonchev–Trinajstić information content (AvgIpc) is 2.14. The van der Waals surface area contributed by atoms with Crippen LogP contribution in [-0.4, -0.2) is 26.1 Å². The Labute approximate surface area is 82.4 Å². The summed E-state index contributed by atoms with van der Waals surface area (Å²) in [7, 11) is 5.20. The maximum absolute atomic E-state index is 11.3. The van der Waals surface area contributed by atoms with Gasteiger partial charge in [0.25, 0.3) is 0 Å². The van der Waals surface area contributed by atoms with Crippen LogP contribution in [0.2, 0.25) is 0 Å². The number of rotatable bonds is 3. The molecule has 1 rings (SSSR count). The Hall–Kier alpha value is -1.71. The molecule has 0 unspecified atom stereocenters. The SMILES string of the molecule is COc1c(/C=C/N(C)C)occc1=O. The van der Waals surface area contributed by atoms with Gasteiger partial charge in [0.2, 0.25) is 11.2 Å². The summed E-state index contributed by atoms with van der Waals surface area (Å²) in [4.78, 5) is 13.1. The second-order valence-electron chi connectivity index (χ2n) is 2.96. The van der Waals surface area contributed by atoms with Crippen molar-refractivity contribution < 1.29 is 9.15 Å². The van der Waals surface area contributed by atoms with Crippen molar-refractivity contribution in [1.29, 1.82) is 0 Å². The van der Waals surface area contributed by atoms with Gasteiger partial charge < -0.3 is 14.1 Å². The second kappa shape index (κ2) is 4.50. The van der Waals surface area contributed by atoms with Gasteiger partial charge in [-0.3, -0.25) is 4.79 Å². The summed E-state index contributed by atoms with van der Waals surface area (Å²) in [5.41, 5.74) is -0.183. The minimum absolute atomic E-state index is 0.183. The smallest absolute Gasteiger partial charge is 0.227 e. The van der Waals surface area contributed by atoms with Gasteiger partial charge in [-0.05, 0) is 0 Å². The van der Waals surface area contributed by atoms with Crippen LogP contribution in [0.1, 0.15) is 5.76 Å². The quantitative estimate of drug-likeness (QED) is 0.726. The lowest BCUT2D eigenvalue weighted by Gasteiger charge is -2.04. The summed E-state index contributed by atoms with van der Waals surface area (Å²) >= 11 is 0. The van der Waals surface area contributed by atoms with Crippen molar-refractivity contribution >= 4 is 6.08 Å². The first-order valence-electron chi connectivity index (χ1n) is 4.15. The molecule has 4 heteroatoms. The molecule has 0 amide bonds. The number of hydrogen-bond acceptors (Lipinski definition) is 4. The molecule has 0 aliphatic heterocycles. The molecule has 0 aromatic carbocycles. The molecule has 0 atom stereocenters. The van der Waals surface area contributed by atoms with E-state index in [0.717, 1.165) is 0 Å². The largest absolute Gasteiger partial charge is 0.490 e. The van der Waals surface area contributed by atoms with Crippen LogP contribution >= 0.6 is 0 Å². The van der Waals surface area contributed by atoms with E-state index in [-0.39, 0.29) is 11.2 Å². The second-order valence-corrected chi connectivity index (χ2v) is 2.96. The van der Waals surface area contributed by atoms with Crippen LogP contribution in [0, 0.1) is 0 Å². The van der Waals surface area contributed by atoms with Crippen LogP contribution in [-0.2, 0) is 0 Å². The fourth-order valence-corrected chi connectivity index (χ4v) is 0.953. The van der Waals surface area contributed by atoms with Gasteiger partial charge >= 0.3 is 0 Å². The Morgan fingerprint density at radius 2 is 2.21 bits per heavy atom. The predicted octanol–water partition coefficient (Wildman–Crippen LogP) is 1.18. The van der Waals surface area contributed by atoms with E-state index in [1.807, 2.05) is 19.0 Å². The van der Waals surface area contributed by atoms with Crippen molar-refractivity contribution in [3.63, 3.8) is 0 Å². The van der Waals surface area contributed by atoms with Crippen molar-refractivity contribution in [1.82, 2.24) is 4.90 Å². The van der Waals surface area contributed by atoms with Crippen LogP contribution in [0.25, 0.3) is 6.08 Å². The van der Waals surface area contributed by atoms with Crippen LogP contribution in [0.4, 0.5) is 0 Å². The topological polar surface area (TPSA) is 42.7 Å². The lowest BCUT2D eigenvalue weighted by molar-refractivity contribution is 0.383. The summed E-state index contributed by atoms with van der Waals surface area (Å²) in [6.07, 6.45) is 4.81. The summed E-state index contributed by atoms with van der Waals surface area (Å²) in [6.45, 7) is 0. The van der Waals surface area contributed by atoms with Crippen LogP contribution in [0.3, 0.4) is 0 Å². The summed E-state index contributed by atoms with van der Waals surface area (Å²) < 4.78 is 10.1. The molecule has 0 saturated carbocycles. The molecular formula is C10H13NO3. The third kappa shape index (κ3) is 2.39. The Bertz CT molecular complexity index is 379. The van der Waals surface area contributed by atoms with Gasteiger partial charge in [0.1, 0.15) is 0 Å². The predicted molar refractivity (Wildman–Crippen MR) is 54.3 cm³/mol. The Morgan fingerprint density at radius 3 is 2.79 bits per heavy atom. The maximum atomic E-state index is 11.3. The molecule has 0 N–H and O–H groups in total. The third-order valence-electron chi connectivity index (χ3n) is 1.59. The summed E-state index contributed by atoms with van der Waals surface area (Å²) in [5.74, 6) is 0.652. The van der Waals surface area contributed by atoms with Crippen molar-refractivity contribution in [2.24, 2.45) is 0 Å². The minimum atomic E-state index is -0.183. The van der Waals surface area contributed by atoms with Gasteiger partial charge in [0, 0.05) is 32.4 Å². The van der Waals surface area contributed by atoms with Crippen molar-refractivity contribution in [3.05, 3.63) is 34.5 Å². The number of ether oxygens (including phenoxy) is 1. The number of methoxy groups -OCH3 is 1. The van der Waals surface area contributed by atoms with Crippen molar-refractivity contribution in [3.8, 4) is 5.75 Å². The van der Waals surface area contributed by atoms with Gasteiger partial charge in [-0.1, -0.05) is 0 Å². The first-order chi connectivity index (χ1) is 6.65. The van der Waals surface area contributed by atoms with E-state index in [1.165, 1.54) is 19.4 Å². The minimum Gasteiger partial charge on any atom is -0.490 e. The third-order valence-corrected chi connectivity index (χ3v) is 1.59. The summed E-state index contributed by atoms with van der Waals surface area (Å²) in [5, 5.41) is 0. The first kappa shape index (κ1) is 10.4. The fraction of sp³-hybridized carbons (Fsp3) is 0.300. The molecule has 1 aromatic rings. The normalized spacial score (nSPS) is 10.5. The van der Waals surface area contributed by atoms with Gasteiger partial charge in [0.05, 0.1) is 13.4 Å². The monoisotopic (exact) mass is 195 g/mol. The van der Waals surface area contributed by atoms with Crippen molar-refractivity contribution in [2.75, 3.05) is 21.2 Å². The molecular weight excluding hydrogens is 182 g/mol. The van der Waals surface area contributed by atoms with Crippen LogP contribution in [0.5, 0.6) is 5.75 Å². The van der Waals surface area contributed by atoms with Gasteiger partial charge in [-0.25, -0.2) is 0 Å². The van der Waals surface area contributed by atoms with Crippen molar-refractivity contribution in [2.45, 2.75) is 0 Å². The molecule has 0 bridgehead atoms. The van der Waals surface area contributed by atoms with E-state index >= 15 is 0 Å². The Kier molecular flexibility index (Phi) is 3.34. The lowest BCUT2D eigenvalue weighted by Crippen LogP contribution is -2.05. The van der Waals surface area contributed by atoms with Gasteiger partial charge in [-0.15, -0.1) is 0 Å². The number of nitrogens with zero attached hydrogens (tertiary/aromatic N) is 1. The maximum Gasteiger partial charge on any atom is 0.227 e. The molecule has 0 aliphatic rings. The van der Waals surface area contributed by atoms with E-state index in [1.54, 1.807) is 12.3 Å². The van der Waals surface area contributed by atoms with E-state index in [9.17, 15) is 4.79 Å². The summed E-state index contributed by atoms with van der Waals surface area (Å²) in [6, 6.07) is 1.33. The molecule has 0 aliphatic carbocycles. The molecule has 1 heterocycles. The Morgan fingerprint density at radius 1 is 1.50 bits per heavy atom. The van der Waals surface area contributed by atoms with E-state index in [0.29, 0.717) is 5.76 Å². The zero-order chi connectivity index (χ0) is 10.6. The highest BCUT2D eigenvalue weighted by atomic mass is 16.5. The zero-order valence-corrected chi connectivity index (χ0v) is 8.48. The van der Waals surface area contributed by atoms with E-state index < -0.39 is 0 Å². The molecule has 4 nitrogen and oxygen atoms in total. The highest BCUT2D eigenvalue weighted by Crippen LogP contribution is 2.13. The fourth-order valence-electron chi connectivity index (χ4n) is 0.953. The molecule has 14 heavy (non-hydrogen) atoms. The lowest BCUT2D eigenvalue weighted by atomic mass is 10.3. The number of hydrogen-bond donors (Lipinski definition) is 0. The molecule has 1 aromatic heterocycles. The zero-order valence-electron chi connectivity index (χ0n) is 8.48. The van der Waals surface area contributed by atoms with Gasteiger partial charge in [0.15, 0.2) is 5.76 Å². The van der Waals surface area contributed by atoms with Crippen LogP contribution < -0.4 is 10.2 Å².